The van der Waals surface area contributed by atoms with E-state index < -0.39 is 0 Å². The lowest BCUT2D eigenvalue weighted by atomic mass is 10.1. The molecule has 0 aliphatic carbocycles. The Morgan fingerprint density at radius 2 is 2.03 bits per heavy atom. The van der Waals surface area contributed by atoms with Crippen molar-refractivity contribution in [2.24, 2.45) is 0 Å². The number of benzene rings is 2. The highest BCUT2D eigenvalue weighted by Gasteiger charge is 2.33. The summed E-state index contributed by atoms with van der Waals surface area (Å²) in [6, 6.07) is 14.7. The first-order valence-corrected chi connectivity index (χ1v) is 10.1. The van der Waals surface area contributed by atoms with Gasteiger partial charge in [0.2, 0.25) is 0 Å². The number of nitrogens with one attached hydrogen (secondary N) is 2. The van der Waals surface area contributed by atoms with Crippen LogP contribution >= 0.6 is 11.3 Å². The van der Waals surface area contributed by atoms with E-state index in [1.165, 1.54) is 18.4 Å². The number of rotatable bonds is 5. The van der Waals surface area contributed by atoms with Crippen molar-refractivity contribution in [2.75, 3.05) is 25.6 Å². The van der Waals surface area contributed by atoms with Gasteiger partial charge in [-0.15, -0.1) is 11.3 Å². The Morgan fingerprint density at radius 3 is 2.73 bits per heavy atom. The van der Waals surface area contributed by atoms with Crippen molar-refractivity contribution in [3.63, 3.8) is 0 Å². The third-order valence-corrected chi connectivity index (χ3v) is 5.71. The van der Waals surface area contributed by atoms with Crippen LogP contribution in [0.3, 0.4) is 0 Å². The minimum atomic E-state index is -0.241. The van der Waals surface area contributed by atoms with Crippen molar-refractivity contribution >= 4 is 34.3 Å². The van der Waals surface area contributed by atoms with Gasteiger partial charge in [-0.25, -0.2) is 4.98 Å². The highest BCUT2D eigenvalue weighted by atomic mass is 32.1. The summed E-state index contributed by atoms with van der Waals surface area (Å²) < 4.78 is 5.43. The molecule has 0 unspecified atom stereocenters. The van der Waals surface area contributed by atoms with Crippen molar-refractivity contribution in [1.29, 1.82) is 5.41 Å². The number of hydrogen-bond donors (Lipinski definition) is 3. The Bertz CT molecular complexity index is 1150. The normalized spacial score (nSPS) is 13.7. The van der Waals surface area contributed by atoms with E-state index in [0.29, 0.717) is 27.6 Å². The van der Waals surface area contributed by atoms with Crippen LogP contribution in [0, 0.1) is 5.41 Å². The first-order chi connectivity index (χ1) is 14.5. The fourth-order valence-electron chi connectivity index (χ4n) is 3.33. The summed E-state index contributed by atoms with van der Waals surface area (Å²) in [7, 11) is 3.08. The molecular weight excluding hydrogens is 400 g/mol. The van der Waals surface area contributed by atoms with Gasteiger partial charge in [0.15, 0.2) is 0 Å². The number of thiazole rings is 1. The van der Waals surface area contributed by atoms with E-state index in [9.17, 15) is 9.90 Å². The third-order valence-electron chi connectivity index (χ3n) is 4.85. The van der Waals surface area contributed by atoms with E-state index in [4.69, 9.17) is 10.1 Å². The maximum absolute atomic E-state index is 12.1. The SMILES string of the molecule is CNC(=O)c1ccc(OC)c(N2CC(O)=C(c3nc(-c4ccccc4)cs3)C2=N)c1. The van der Waals surface area contributed by atoms with E-state index in [2.05, 4.69) is 10.3 Å². The summed E-state index contributed by atoms with van der Waals surface area (Å²) in [5, 5.41) is 24.4. The van der Waals surface area contributed by atoms with Gasteiger partial charge >= 0.3 is 0 Å². The van der Waals surface area contributed by atoms with Crippen LogP contribution in [0.25, 0.3) is 16.8 Å². The monoisotopic (exact) mass is 420 g/mol. The number of carbonyl (C=O) groups excluding carboxylic acids is 1. The number of aromatic nitrogens is 1. The molecule has 8 heteroatoms. The molecule has 30 heavy (non-hydrogen) atoms. The predicted octanol–water partition coefficient (Wildman–Crippen LogP) is 3.94. The summed E-state index contributed by atoms with van der Waals surface area (Å²) in [5.74, 6) is 0.426. The van der Waals surface area contributed by atoms with E-state index >= 15 is 0 Å². The van der Waals surface area contributed by atoms with E-state index in [1.807, 2.05) is 35.7 Å². The van der Waals surface area contributed by atoms with Gasteiger partial charge in [0.05, 0.1) is 30.6 Å². The Balaban J connectivity index is 1.68. The van der Waals surface area contributed by atoms with E-state index in [-0.39, 0.29) is 24.0 Å². The molecule has 3 N–H and O–H groups in total. The largest absolute Gasteiger partial charge is 0.510 e. The molecule has 1 aliphatic rings. The molecule has 0 atom stereocenters. The summed E-state index contributed by atoms with van der Waals surface area (Å²) >= 11 is 1.38. The second-order valence-corrected chi connectivity index (χ2v) is 7.48. The van der Waals surface area contributed by atoms with E-state index in [1.54, 1.807) is 30.1 Å². The standard InChI is InChI=1S/C22H20N4O3S/c1-24-21(28)14-8-9-18(29-2)16(10-14)26-11-17(27)19(20(26)23)22-25-15(12-30-22)13-6-4-3-5-7-13/h3-10,12,23,27H,11H2,1-2H3,(H,24,28). The number of anilines is 1. The van der Waals surface area contributed by atoms with Crippen LogP contribution in [-0.2, 0) is 0 Å². The average molecular weight is 420 g/mol. The Morgan fingerprint density at radius 1 is 1.27 bits per heavy atom. The number of aliphatic hydroxyl groups is 1. The van der Waals surface area contributed by atoms with Gasteiger partial charge in [-0.05, 0) is 18.2 Å². The molecule has 0 spiro atoms. The molecule has 1 aliphatic heterocycles. The van der Waals surface area contributed by atoms with Crippen LogP contribution in [0.1, 0.15) is 15.4 Å². The molecule has 2 heterocycles. The lowest BCUT2D eigenvalue weighted by Gasteiger charge is -2.22. The number of nitrogens with zero attached hydrogens (tertiary/aromatic N) is 2. The number of carbonyl (C=O) groups is 1. The molecular formula is C22H20N4O3S. The molecule has 0 saturated carbocycles. The Labute approximate surface area is 177 Å². The zero-order chi connectivity index (χ0) is 21.3. The molecule has 7 nitrogen and oxygen atoms in total. The molecule has 3 aromatic rings. The van der Waals surface area contributed by atoms with Crippen LogP contribution in [0.15, 0.2) is 59.7 Å². The van der Waals surface area contributed by atoms with Gasteiger partial charge < -0.3 is 20.1 Å². The quantitative estimate of drug-likeness (QED) is 0.581. The zero-order valence-electron chi connectivity index (χ0n) is 16.5. The van der Waals surface area contributed by atoms with Crippen LogP contribution in [0.5, 0.6) is 5.75 Å². The number of methoxy groups -OCH3 is 1. The zero-order valence-corrected chi connectivity index (χ0v) is 17.3. The third kappa shape index (κ3) is 3.42. The number of hydrogen-bond acceptors (Lipinski definition) is 6. The summed E-state index contributed by atoms with van der Waals surface area (Å²) in [6.45, 7) is 0.0992. The van der Waals surface area contributed by atoms with Gasteiger partial charge in [0, 0.05) is 23.6 Å². The Hall–Kier alpha value is -3.65. The second-order valence-electron chi connectivity index (χ2n) is 6.63. The molecule has 0 bridgehead atoms. The number of aliphatic hydroxyl groups excluding tert-OH is 1. The molecule has 1 amide bonds. The van der Waals surface area contributed by atoms with Crippen LogP contribution in [-0.4, -0.2) is 42.5 Å². The number of amidine groups is 1. The van der Waals surface area contributed by atoms with Gasteiger partial charge in [0.25, 0.3) is 5.91 Å². The van der Waals surface area contributed by atoms with Crippen molar-refractivity contribution in [2.45, 2.75) is 0 Å². The predicted molar refractivity (Wildman–Crippen MR) is 119 cm³/mol. The summed E-state index contributed by atoms with van der Waals surface area (Å²) in [6.07, 6.45) is 0. The second kappa shape index (κ2) is 8.00. The van der Waals surface area contributed by atoms with Crippen LogP contribution in [0.4, 0.5) is 5.69 Å². The first kappa shape index (κ1) is 19.7. The van der Waals surface area contributed by atoms with Crippen molar-refractivity contribution in [3.05, 3.63) is 70.2 Å². The van der Waals surface area contributed by atoms with Crippen molar-refractivity contribution in [3.8, 4) is 17.0 Å². The van der Waals surface area contributed by atoms with E-state index in [0.717, 1.165) is 11.3 Å². The number of amides is 1. The highest BCUT2D eigenvalue weighted by molar-refractivity contribution is 7.11. The fourth-order valence-corrected chi connectivity index (χ4v) is 4.22. The molecule has 152 valence electrons. The number of ether oxygens (including phenoxy) is 1. The minimum absolute atomic E-state index is 0.0568. The minimum Gasteiger partial charge on any atom is -0.510 e. The van der Waals surface area contributed by atoms with Gasteiger partial charge in [-0.3, -0.25) is 10.2 Å². The van der Waals surface area contributed by atoms with Crippen molar-refractivity contribution in [1.82, 2.24) is 10.3 Å². The molecule has 0 radical (unpaired) electrons. The lowest BCUT2D eigenvalue weighted by Crippen LogP contribution is -2.27. The lowest BCUT2D eigenvalue weighted by molar-refractivity contribution is 0.0963. The highest BCUT2D eigenvalue weighted by Crippen LogP contribution is 2.38. The summed E-state index contributed by atoms with van der Waals surface area (Å²) in [5.41, 5.74) is 3.12. The Kier molecular flexibility index (Phi) is 5.24. The molecule has 0 saturated heterocycles. The van der Waals surface area contributed by atoms with Gasteiger partial charge in [-0.2, -0.15) is 0 Å². The maximum atomic E-state index is 12.1. The molecule has 0 fully saturated rings. The molecule has 2 aromatic carbocycles. The summed E-state index contributed by atoms with van der Waals surface area (Å²) in [4.78, 5) is 18.3. The van der Waals surface area contributed by atoms with Crippen LogP contribution in [0.2, 0.25) is 0 Å². The first-order valence-electron chi connectivity index (χ1n) is 9.23. The fraction of sp³-hybridized carbons (Fsp3) is 0.136. The maximum Gasteiger partial charge on any atom is 0.251 e. The molecule has 4 rings (SSSR count). The molecule has 1 aromatic heterocycles. The smallest absolute Gasteiger partial charge is 0.251 e. The average Bonchev–Trinajstić information content (AvgIpc) is 3.37. The van der Waals surface area contributed by atoms with Gasteiger partial charge in [0.1, 0.15) is 22.4 Å². The van der Waals surface area contributed by atoms with Gasteiger partial charge in [-0.1, -0.05) is 30.3 Å². The van der Waals surface area contributed by atoms with Crippen molar-refractivity contribution < 1.29 is 14.6 Å². The van der Waals surface area contributed by atoms with Crippen LogP contribution < -0.4 is 15.0 Å². The topological polar surface area (TPSA) is 98.5 Å².